The molecule has 1 aromatic heterocycles. The Hall–Kier alpha value is -2.59. The molecule has 0 unspecified atom stereocenters. The van der Waals surface area contributed by atoms with Gasteiger partial charge in [0.15, 0.2) is 0 Å². The second kappa shape index (κ2) is 6.13. The first kappa shape index (κ1) is 16.3. The first-order valence-corrected chi connectivity index (χ1v) is 7.37. The van der Waals surface area contributed by atoms with Crippen LogP contribution in [0.3, 0.4) is 0 Å². The molecule has 1 aromatic carbocycles. The van der Waals surface area contributed by atoms with E-state index in [1.807, 2.05) is 6.07 Å². The second-order valence-electron chi connectivity index (χ2n) is 5.67. The van der Waals surface area contributed by atoms with Crippen molar-refractivity contribution in [3.8, 4) is 6.07 Å². The van der Waals surface area contributed by atoms with Crippen molar-refractivity contribution in [2.24, 2.45) is 0 Å². The van der Waals surface area contributed by atoms with E-state index in [9.17, 15) is 23.5 Å². The fraction of sp³-hybridized carbons (Fsp3) is 0.294. The summed E-state index contributed by atoms with van der Waals surface area (Å²) in [5, 5.41) is 19.2. The van der Waals surface area contributed by atoms with Crippen molar-refractivity contribution in [1.82, 2.24) is 4.98 Å². The number of anilines is 1. The largest absolute Gasteiger partial charge is 0.416 e. The number of β-amino-alcohol motifs (C(OH)–C–C–N with tert-alkyl or cyclic N) is 1. The van der Waals surface area contributed by atoms with Crippen LogP contribution in [0.1, 0.15) is 29.2 Å². The molecule has 1 N–H and O–H groups in total. The lowest BCUT2D eigenvalue weighted by Gasteiger charge is -2.26. The van der Waals surface area contributed by atoms with Crippen molar-refractivity contribution in [1.29, 1.82) is 5.26 Å². The molecular formula is C17H14F3N3O. The minimum absolute atomic E-state index is 0.215. The summed E-state index contributed by atoms with van der Waals surface area (Å²) in [5.41, 5.74) is 0.0300. The number of aliphatic hydroxyl groups excluding tert-OH is 1. The van der Waals surface area contributed by atoms with Crippen molar-refractivity contribution < 1.29 is 18.3 Å². The van der Waals surface area contributed by atoms with Crippen LogP contribution in [0.4, 0.5) is 19.0 Å². The summed E-state index contributed by atoms with van der Waals surface area (Å²) >= 11 is 0. The number of hydrogen-bond donors (Lipinski definition) is 1. The molecule has 1 fully saturated rings. The summed E-state index contributed by atoms with van der Waals surface area (Å²) in [6.45, 7) is 0.215. The quantitative estimate of drug-likeness (QED) is 0.916. The third kappa shape index (κ3) is 3.05. The van der Waals surface area contributed by atoms with Gasteiger partial charge >= 0.3 is 6.18 Å². The first-order valence-electron chi connectivity index (χ1n) is 7.37. The summed E-state index contributed by atoms with van der Waals surface area (Å²) < 4.78 is 38.9. The molecule has 0 saturated carbocycles. The van der Waals surface area contributed by atoms with Crippen LogP contribution >= 0.6 is 0 Å². The van der Waals surface area contributed by atoms with Crippen LogP contribution in [0.2, 0.25) is 0 Å². The van der Waals surface area contributed by atoms with Crippen LogP contribution in [0.5, 0.6) is 0 Å². The van der Waals surface area contributed by atoms with Gasteiger partial charge in [0.05, 0.1) is 23.3 Å². The lowest BCUT2D eigenvalue weighted by molar-refractivity contribution is -0.137. The first-order chi connectivity index (χ1) is 11.4. The molecule has 1 aliphatic heterocycles. The van der Waals surface area contributed by atoms with Crippen molar-refractivity contribution in [2.75, 3.05) is 11.4 Å². The highest BCUT2D eigenvalue weighted by molar-refractivity contribution is 5.56. The lowest BCUT2D eigenvalue weighted by Crippen LogP contribution is -2.26. The molecule has 2 heterocycles. The van der Waals surface area contributed by atoms with E-state index in [1.165, 1.54) is 12.3 Å². The maximum absolute atomic E-state index is 13.0. The maximum Gasteiger partial charge on any atom is 0.416 e. The second-order valence-corrected chi connectivity index (χ2v) is 5.67. The van der Waals surface area contributed by atoms with Crippen LogP contribution < -0.4 is 4.90 Å². The van der Waals surface area contributed by atoms with Crippen molar-refractivity contribution >= 4 is 5.82 Å². The molecule has 0 bridgehead atoms. The van der Waals surface area contributed by atoms with Crippen molar-refractivity contribution in [3.63, 3.8) is 0 Å². The normalized spacial score (nSPS) is 20.9. The summed E-state index contributed by atoms with van der Waals surface area (Å²) in [5.74, 6) is 0.374. The molecule has 1 saturated heterocycles. The molecule has 0 radical (unpaired) electrons. The number of aliphatic hydroxyl groups is 1. The molecule has 0 amide bonds. The molecule has 4 nitrogen and oxygen atoms in total. The molecule has 1 aliphatic rings. The molecule has 7 heteroatoms. The number of nitriles is 1. The van der Waals surface area contributed by atoms with Crippen LogP contribution in [0.15, 0.2) is 42.6 Å². The van der Waals surface area contributed by atoms with Gasteiger partial charge in [-0.05, 0) is 36.2 Å². The minimum Gasteiger partial charge on any atom is -0.391 e. The number of benzene rings is 1. The Labute approximate surface area is 136 Å². The Kier molecular flexibility index (Phi) is 4.16. The molecule has 3 rings (SSSR count). The summed E-state index contributed by atoms with van der Waals surface area (Å²) in [4.78, 5) is 5.88. The summed E-state index contributed by atoms with van der Waals surface area (Å²) in [7, 11) is 0. The van der Waals surface area contributed by atoms with E-state index in [0.29, 0.717) is 16.9 Å². The predicted molar refractivity (Wildman–Crippen MR) is 81.1 cm³/mol. The van der Waals surface area contributed by atoms with E-state index >= 15 is 0 Å². The molecule has 24 heavy (non-hydrogen) atoms. The maximum atomic E-state index is 13.0. The van der Waals surface area contributed by atoms with E-state index in [1.54, 1.807) is 23.1 Å². The van der Waals surface area contributed by atoms with Gasteiger partial charge in [0.25, 0.3) is 0 Å². The van der Waals surface area contributed by atoms with Crippen LogP contribution in [-0.2, 0) is 6.18 Å². The van der Waals surface area contributed by atoms with Crippen molar-refractivity contribution in [3.05, 3.63) is 59.3 Å². The topological polar surface area (TPSA) is 60.2 Å². The highest BCUT2D eigenvalue weighted by Gasteiger charge is 2.36. The van der Waals surface area contributed by atoms with Gasteiger partial charge in [0, 0.05) is 12.7 Å². The predicted octanol–water partition coefficient (Wildman–Crippen LogP) is 3.28. The van der Waals surface area contributed by atoms with Gasteiger partial charge in [-0.2, -0.15) is 18.4 Å². The lowest BCUT2D eigenvalue weighted by atomic mass is 10.0. The van der Waals surface area contributed by atoms with Gasteiger partial charge in [0.1, 0.15) is 11.9 Å². The minimum atomic E-state index is -4.43. The fourth-order valence-corrected chi connectivity index (χ4v) is 3.00. The Morgan fingerprint density at radius 2 is 2.04 bits per heavy atom. The Balaban J connectivity index is 2.02. The Bertz CT molecular complexity index is 785. The number of rotatable bonds is 2. The standard InChI is InChI=1S/C17H14F3N3O/c18-17(19,20)13-5-1-3-11(7-13)15-8-14(24)10-23(15)16-12(9-21)4-2-6-22-16/h1-7,14-15,24H,8,10H2/t14-,15-/m1/s1. The zero-order valence-corrected chi connectivity index (χ0v) is 12.5. The summed E-state index contributed by atoms with van der Waals surface area (Å²) in [6.07, 6.45) is -3.33. The van der Waals surface area contributed by atoms with Crippen LogP contribution in [0, 0.1) is 11.3 Å². The van der Waals surface area contributed by atoms with Gasteiger partial charge in [-0.15, -0.1) is 0 Å². The highest BCUT2D eigenvalue weighted by atomic mass is 19.4. The highest BCUT2D eigenvalue weighted by Crippen LogP contribution is 2.38. The third-order valence-electron chi connectivity index (χ3n) is 4.06. The average Bonchev–Trinajstić information content (AvgIpc) is 2.96. The Morgan fingerprint density at radius 3 is 2.75 bits per heavy atom. The van der Waals surface area contributed by atoms with Crippen molar-refractivity contribution in [2.45, 2.75) is 24.7 Å². The number of hydrogen-bond acceptors (Lipinski definition) is 4. The molecule has 124 valence electrons. The van der Waals surface area contributed by atoms with Gasteiger partial charge < -0.3 is 10.0 Å². The van der Waals surface area contributed by atoms with Gasteiger partial charge in [-0.1, -0.05) is 12.1 Å². The van der Waals surface area contributed by atoms with Gasteiger partial charge in [-0.25, -0.2) is 4.98 Å². The third-order valence-corrected chi connectivity index (χ3v) is 4.06. The zero-order chi connectivity index (χ0) is 17.3. The molecule has 2 atom stereocenters. The number of aromatic nitrogens is 1. The molecule has 0 spiro atoms. The smallest absolute Gasteiger partial charge is 0.391 e. The van der Waals surface area contributed by atoms with Gasteiger partial charge in [0.2, 0.25) is 0 Å². The van der Waals surface area contributed by atoms with Gasteiger partial charge in [-0.3, -0.25) is 0 Å². The number of alkyl halides is 3. The van der Waals surface area contributed by atoms with E-state index in [-0.39, 0.29) is 13.0 Å². The van der Waals surface area contributed by atoms with E-state index in [2.05, 4.69) is 4.98 Å². The summed E-state index contributed by atoms with van der Waals surface area (Å²) in [6, 6.07) is 9.82. The SMILES string of the molecule is N#Cc1cccnc1N1C[C@H](O)C[C@@H]1c1cccc(C(F)(F)F)c1. The number of halogens is 3. The molecule has 2 aromatic rings. The Morgan fingerprint density at radius 1 is 1.25 bits per heavy atom. The van der Waals surface area contributed by atoms with E-state index in [4.69, 9.17) is 0 Å². The van der Waals surface area contributed by atoms with Crippen LogP contribution in [-0.4, -0.2) is 22.7 Å². The fourth-order valence-electron chi connectivity index (χ4n) is 3.00. The molecule has 0 aliphatic carbocycles. The number of pyridine rings is 1. The van der Waals surface area contributed by atoms with E-state index in [0.717, 1.165) is 12.1 Å². The zero-order valence-electron chi connectivity index (χ0n) is 12.5. The number of nitrogens with zero attached hydrogens (tertiary/aromatic N) is 3. The van der Waals surface area contributed by atoms with Crippen LogP contribution in [0.25, 0.3) is 0 Å². The average molecular weight is 333 g/mol. The monoisotopic (exact) mass is 333 g/mol. The molecular weight excluding hydrogens is 319 g/mol. The van der Waals surface area contributed by atoms with E-state index < -0.39 is 23.9 Å².